The predicted octanol–water partition coefficient (Wildman–Crippen LogP) is 3.07. The third-order valence-electron chi connectivity index (χ3n) is 3.35. The van der Waals surface area contributed by atoms with Gasteiger partial charge < -0.3 is 0 Å². The van der Waals surface area contributed by atoms with Crippen molar-refractivity contribution >= 4 is 0 Å². The highest BCUT2D eigenvalue weighted by molar-refractivity contribution is 5.11. The summed E-state index contributed by atoms with van der Waals surface area (Å²) in [5.74, 6) is 0. The summed E-state index contributed by atoms with van der Waals surface area (Å²) in [7, 11) is 0. The highest BCUT2D eigenvalue weighted by Crippen LogP contribution is 2.11. The van der Waals surface area contributed by atoms with Crippen LogP contribution in [0.1, 0.15) is 17.0 Å². The van der Waals surface area contributed by atoms with E-state index in [2.05, 4.69) is 38.1 Å². The van der Waals surface area contributed by atoms with Gasteiger partial charge in [0.15, 0.2) is 0 Å². The van der Waals surface area contributed by atoms with Crippen LogP contribution in [0.3, 0.4) is 0 Å². The van der Waals surface area contributed by atoms with E-state index in [0.717, 1.165) is 31.0 Å². The molecule has 4 nitrogen and oxygen atoms in total. The minimum absolute atomic E-state index is 0.784. The van der Waals surface area contributed by atoms with Crippen molar-refractivity contribution in [3.63, 3.8) is 0 Å². The first-order valence-electron chi connectivity index (χ1n) is 7.31. The Morgan fingerprint density at radius 3 is 1.86 bits per heavy atom. The molecule has 0 aromatic carbocycles. The van der Waals surface area contributed by atoms with Crippen LogP contribution >= 0.6 is 0 Å². The van der Waals surface area contributed by atoms with Crippen molar-refractivity contribution in [1.29, 1.82) is 0 Å². The van der Waals surface area contributed by atoms with E-state index in [4.69, 9.17) is 0 Å². The molecule has 0 aliphatic heterocycles. The Kier molecular flexibility index (Phi) is 4.85. The molecule has 0 saturated heterocycles. The minimum atomic E-state index is 0.784. The molecule has 0 spiro atoms. The maximum atomic E-state index is 4.42. The molecule has 0 saturated carbocycles. The van der Waals surface area contributed by atoms with Gasteiger partial charge in [-0.1, -0.05) is 18.2 Å². The number of aromatic nitrogens is 3. The van der Waals surface area contributed by atoms with Crippen LogP contribution in [-0.2, 0) is 19.6 Å². The zero-order chi connectivity index (χ0) is 15.0. The summed E-state index contributed by atoms with van der Waals surface area (Å²) in [5, 5.41) is 0. The molecular weight excluding hydrogens is 272 g/mol. The minimum Gasteiger partial charge on any atom is -0.287 e. The first-order valence-corrected chi connectivity index (χ1v) is 7.31. The smallest absolute Gasteiger partial charge is 0.0544 e. The molecule has 0 radical (unpaired) electrons. The van der Waals surface area contributed by atoms with E-state index in [1.54, 1.807) is 6.20 Å². The van der Waals surface area contributed by atoms with Crippen LogP contribution in [0.15, 0.2) is 73.3 Å². The van der Waals surface area contributed by atoms with Crippen LogP contribution in [0.4, 0.5) is 0 Å². The van der Waals surface area contributed by atoms with Crippen molar-refractivity contribution in [2.45, 2.75) is 19.6 Å². The van der Waals surface area contributed by atoms with Crippen molar-refractivity contribution in [3.05, 3.63) is 90.3 Å². The molecule has 3 aromatic heterocycles. The second kappa shape index (κ2) is 7.43. The Balaban J connectivity index is 1.75. The number of hydrogen-bond acceptors (Lipinski definition) is 4. The molecule has 0 N–H and O–H groups in total. The van der Waals surface area contributed by atoms with Gasteiger partial charge in [0.05, 0.1) is 11.4 Å². The molecule has 0 unspecified atom stereocenters. The van der Waals surface area contributed by atoms with Crippen molar-refractivity contribution in [2.75, 3.05) is 0 Å². The third-order valence-corrected chi connectivity index (χ3v) is 3.35. The van der Waals surface area contributed by atoms with Crippen LogP contribution < -0.4 is 0 Å². The molecule has 0 aliphatic rings. The van der Waals surface area contributed by atoms with E-state index >= 15 is 0 Å². The molecule has 22 heavy (non-hydrogen) atoms. The molecular formula is C18H18N4. The Morgan fingerprint density at radius 1 is 0.682 bits per heavy atom. The van der Waals surface area contributed by atoms with Gasteiger partial charge in [-0.05, 0) is 35.9 Å². The summed E-state index contributed by atoms with van der Waals surface area (Å²) in [6, 6.07) is 16.1. The van der Waals surface area contributed by atoms with Gasteiger partial charge in [-0.15, -0.1) is 0 Å². The fourth-order valence-electron chi connectivity index (χ4n) is 2.36. The van der Waals surface area contributed by atoms with Crippen LogP contribution in [0, 0.1) is 0 Å². The lowest BCUT2D eigenvalue weighted by molar-refractivity contribution is 0.241. The molecule has 110 valence electrons. The van der Waals surface area contributed by atoms with Gasteiger partial charge in [0.1, 0.15) is 0 Å². The summed E-state index contributed by atoms with van der Waals surface area (Å²) in [5.41, 5.74) is 3.30. The molecule has 0 bridgehead atoms. The normalized spacial score (nSPS) is 10.8. The van der Waals surface area contributed by atoms with E-state index in [1.165, 1.54) is 5.56 Å². The topological polar surface area (TPSA) is 41.9 Å². The lowest BCUT2D eigenvalue weighted by Gasteiger charge is -2.21. The molecule has 3 heterocycles. The highest BCUT2D eigenvalue weighted by atomic mass is 15.1. The van der Waals surface area contributed by atoms with Gasteiger partial charge in [0.2, 0.25) is 0 Å². The Morgan fingerprint density at radius 2 is 1.36 bits per heavy atom. The average Bonchev–Trinajstić information content (AvgIpc) is 2.57. The first kappa shape index (κ1) is 14.4. The molecule has 4 heteroatoms. The number of hydrogen-bond donors (Lipinski definition) is 0. The Bertz CT molecular complexity index is 573. The zero-order valence-electron chi connectivity index (χ0n) is 12.3. The van der Waals surface area contributed by atoms with Gasteiger partial charge in [-0.3, -0.25) is 19.9 Å². The second-order valence-electron chi connectivity index (χ2n) is 5.15. The van der Waals surface area contributed by atoms with Gasteiger partial charge >= 0.3 is 0 Å². The Labute approximate surface area is 130 Å². The molecule has 0 atom stereocenters. The van der Waals surface area contributed by atoms with Crippen molar-refractivity contribution in [1.82, 2.24) is 19.9 Å². The fraction of sp³-hybridized carbons (Fsp3) is 0.167. The predicted molar refractivity (Wildman–Crippen MR) is 85.7 cm³/mol. The van der Waals surface area contributed by atoms with Crippen LogP contribution in [0.2, 0.25) is 0 Å². The fourth-order valence-corrected chi connectivity index (χ4v) is 2.36. The van der Waals surface area contributed by atoms with Crippen LogP contribution in [0.5, 0.6) is 0 Å². The van der Waals surface area contributed by atoms with E-state index in [9.17, 15) is 0 Å². The summed E-state index contributed by atoms with van der Waals surface area (Å²) in [4.78, 5) is 15.4. The second-order valence-corrected chi connectivity index (χ2v) is 5.15. The first-order chi connectivity index (χ1) is 10.9. The largest absolute Gasteiger partial charge is 0.287 e. The molecule has 0 aliphatic carbocycles. The number of pyridine rings is 3. The van der Waals surface area contributed by atoms with Gasteiger partial charge in [0.25, 0.3) is 0 Å². The number of nitrogens with zero attached hydrogens (tertiary/aromatic N) is 4. The van der Waals surface area contributed by atoms with Gasteiger partial charge in [-0.2, -0.15) is 0 Å². The van der Waals surface area contributed by atoms with Gasteiger partial charge in [0, 0.05) is 44.4 Å². The van der Waals surface area contributed by atoms with Crippen LogP contribution in [0.25, 0.3) is 0 Å². The quantitative estimate of drug-likeness (QED) is 0.699. The van der Waals surface area contributed by atoms with Crippen LogP contribution in [-0.4, -0.2) is 19.9 Å². The van der Waals surface area contributed by atoms with E-state index < -0.39 is 0 Å². The summed E-state index contributed by atoms with van der Waals surface area (Å²) < 4.78 is 0. The van der Waals surface area contributed by atoms with Gasteiger partial charge in [-0.25, -0.2) is 0 Å². The summed E-state index contributed by atoms with van der Waals surface area (Å²) in [6.07, 6.45) is 7.37. The van der Waals surface area contributed by atoms with Crippen molar-refractivity contribution < 1.29 is 0 Å². The monoisotopic (exact) mass is 290 g/mol. The number of rotatable bonds is 6. The van der Waals surface area contributed by atoms with Crippen molar-refractivity contribution in [3.8, 4) is 0 Å². The SMILES string of the molecule is c1ccc(CN(Cc2cccnc2)Cc2ccccn2)nc1. The molecule has 0 fully saturated rings. The standard InChI is InChI=1S/C18H18N4/c1-3-10-20-17(7-1)14-22(13-16-6-5-9-19-12-16)15-18-8-2-4-11-21-18/h1-12H,13-15H2. The van der Waals surface area contributed by atoms with E-state index in [-0.39, 0.29) is 0 Å². The maximum absolute atomic E-state index is 4.42. The molecule has 0 amide bonds. The maximum Gasteiger partial charge on any atom is 0.0544 e. The van der Waals surface area contributed by atoms with E-state index in [0.29, 0.717) is 0 Å². The van der Waals surface area contributed by atoms with E-state index in [1.807, 2.05) is 48.9 Å². The third kappa shape index (κ3) is 4.20. The summed E-state index contributed by atoms with van der Waals surface area (Å²) >= 11 is 0. The van der Waals surface area contributed by atoms with Crippen molar-refractivity contribution in [2.24, 2.45) is 0 Å². The summed E-state index contributed by atoms with van der Waals surface area (Å²) in [6.45, 7) is 2.39. The lowest BCUT2D eigenvalue weighted by Crippen LogP contribution is -2.23. The Hall–Kier alpha value is -2.59. The highest BCUT2D eigenvalue weighted by Gasteiger charge is 2.09. The lowest BCUT2D eigenvalue weighted by atomic mass is 10.2. The average molecular weight is 290 g/mol. The molecule has 3 rings (SSSR count). The zero-order valence-corrected chi connectivity index (χ0v) is 12.3. The molecule has 3 aromatic rings.